The third-order valence-corrected chi connectivity index (χ3v) is 8.07. The number of amides is 2. The van der Waals surface area contributed by atoms with E-state index in [4.69, 9.17) is 9.84 Å². The fourth-order valence-electron chi connectivity index (χ4n) is 5.62. The van der Waals surface area contributed by atoms with Crippen molar-refractivity contribution in [2.24, 2.45) is 0 Å². The molecule has 2 heterocycles. The van der Waals surface area contributed by atoms with Gasteiger partial charge in [0.1, 0.15) is 18.5 Å². The molecule has 2 fully saturated rings. The fraction of sp³-hybridized carbons (Fsp3) is 0.469. The number of aromatic nitrogens is 2. The van der Waals surface area contributed by atoms with Crippen LogP contribution in [0.25, 0.3) is 0 Å². The second kappa shape index (κ2) is 11.5. The average Bonchev–Trinajstić information content (AvgIpc) is 3.71. The Morgan fingerprint density at radius 2 is 1.65 bits per heavy atom. The largest absolute Gasteiger partial charge is 0.445 e. The van der Waals surface area contributed by atoms with Crippen LogP contribution < -0.4 is 10.6 Å². The van der Waals surface area contributed by atoms with Crippen molar-refractivity contribution in [2.45, 2.75) is 83.0 Å². The van der Waals surface area contributed by atoms with Crippen molar-refractivity contribution in [2.75, 3.05) is 18.4 Å². The van der Waals surface area contributed by atoms with E-state index in [2.05, 4.69) is 66.6 Å². The van der Waals surface area contributed by atoms with Crippen molar-refractivity contribution in [3.8, 4) is 0 Å². The van der Waals surface area contributed by atoms with E-state index >= 15 is 0 Å². The van der Waals surface area contributed by atoms with Crippen molar-refractivity contribution in [3.63, 3.8) is 0 Å². The van der Waals surface area contributed by atoms with Crippen LogP contribution in [0.2, 0.25) is 0 Å². The second-order valence-corrected chi connectivity index (χ2v) is 12.1. The number of piperidine rings is 1. The highest BCUT2D eigenvalue weighted by Gasteiger charge is 2.43. The first kappa shape index (κ1) is 27.9. The van der Waals surface area contributed by atoms with Gasteiger partial charge in [0.2, 0.25) is 5.91 Å². The summed E-state index contributed by atoms with van der Waals surface area (Å²) in [4.78, 5) is 28.2. The number of nitrogens with zero attached hydrogens (tertiary/aromatic N) is 3. The maximum atomic E-state index is 13.2. The molecule has 1 aromatic heterocycles. The molecule has 40 heavy (non-hydrogen) atoms. The van der Waals surface area contributed by atoms with E-state index in [9.17, 15) is 9.59 Å². The SMILES string of the molecule is C[C@H](NC(=O)OCc1ccccc1)C(=O)Nc1cc(C2(c3ccccc3)CCN(C3CC3)CC2)nn1C(C)(C)C. The number of anilines is 1. The zero-order valence-electron chi connectivity index (χ0n) is 24.0. The fourth-order valence-corrected chi connectivity index (χ4v) is 5.62. The summed E-state index contributed by atoms with van der Waals surface area (Å²) in [6.45, 7) is 10.1. The van der Waals surface area contributed by atoms with Gasteiger partial charge in [0, 0.05) is 17.5 Å². The predicted octanol–water partition coefficient (Wildman–Crippen LogP) is 5.44. The molecule has 212 valence electrons. The molecular weight excluding hydrogens is 502 g/mol. The number of hydrogen-bond donors (Lipinski definition) is 2. The summed E-state index contributed by atoms with van der Waals surface area (Å²) in [5.74, 6) is 0.296. The van der Waals surface area contributed by atoms with Gasteiger partial charge in [-0.05, 0) is 77.6 Å². The lowest BCUT2D eigenvalue weighted by Gasteiger charge is -2.41. The molecule has 1 saturated carbocycles. The minimum atomic E-state index is -0.792. The topological polar surface area (TPSA) is 88.5 Å². The third kappa shape index (κ3) is 6.22. The second-order valence-electron chi connectivity index (χ2n) is 12.1. The quantitative estimate of drug-likeness (QED) is 0.395. The molecule has 0 radical (unpaired) electrons. The summed E-state index contributed by atoms with van der Waals surface area (Å²) in [5.41, 5.74) is 2.53. The Kier molecular flexibility index (Phi) is 7.99. The molecule has 8 heteroatoms. The molecule has 1 aliphatic carbocycles. The minimum Gasteiger partial charge on any atom is -0.445 e. The number of hydrogen-bond acceptors (Lipinski definition) is 5. The molecule has 1 saturated heterocycles. The van der Waals surface area contributed by atoms with Gasteiger partial charge in [-0.3, -0.25) is 4.79 Å². The number of likely N-dealkylation sites (tertiary alicyclic amines) is 1. The number of rotatable bonds is 8. The van der Waals surface area contributed by atoms with E-state index in [1.807, 2.05) is 41.1 Å². The molecule has 3 aromatic rings. The number of carbonyl (C=O) groups excluding carboxylic acids is 2. The Morgan fingerprint density at radius 3 is 2.25 bits per heavy atom. The summed E-state index contributed by atoms with van der Waals surface area (Å²) < 4.78 is 7.20. The van der Waals surface area contributed by atoms with Crippen LogP contribution in [-0.4, -0.2) is 51.9 Å². The van der Waals surface area contributed by atoms with Crippen molar-refractivity contribution in [1.82, 2.24) is 20.0 Å². The van der Waals surface area contributed by atoms with E-state index in [1.165, 1.54) is 18.4 Å². The molecule has 2 N–H and O–H groups in total. The molecule has 1 aliphatic heterocycles. The molecule has 8 nitrogen and oxygen atoms in total. The molecule has 2 amide bonds. The highest BCUT2D eigenvalue weighted by Crippen LogP contribution is 2.44. The molecule has 2 aliphatic rings. The van der Waals surface area contributed by atoms with Crippen molar-refractivity contribution < 1.29 is 14.3 Å². The van der Waals surface area contributed by atoms with Crippen molar-refractivity contribution in [3.05, 3.63) is 83.6 Å². The van der Waals surface area contributed by atoms with Crippen LogP contribution in [-0.2, 0) is 27.1 Å². The molecule has 0 bridgehead atoms. The van der Waals surface area contributed by atoms with Gasteiger partial charge in [-0.25, -0.2) is 9.48 Å². The Hall–Kier alpha value is -3.65. The maximum Gasteiger partial charge on any atom is 0.408 e. The maximum absolute atomic E-state index is 13.2. The standard InChI is InChI=1S/C32H41N5O3/c1-23(33-30(39)40-22-24-11-7-5-8-12-24)29(38)34-28-21-27(35-37(28)31(2,3)4)32(25-13-9-6-10-14-25)17-19-36(20-18-32)26-15-16-26/h5-14,21,23,26H,15-20,22H2,1-4H3,(H,33,39)(H,34,38)/t23-/m0/s1. The zero-order valence-corrected chi connectivity index (χ0v) is 24.0. The van der Waals surface area contributed by atoms with Crippen molar-refractivity contribution >= 4 is 17.8 Å². The van der Waals surface area contributed by atoms with Gasteiger partial charge in [-0.2, -0.15) is 5.10 Å². The van der Waals surface area contributed by atoms with Crippen LogP contribution in [0.4, 0.5) is 10.6 Å². The lowest BCUT2D eigenvalue weighted by Crippen LogP contribution is -2.44. The number of alkyl carbamates (subject to hydrolysis) is 1. The Bertz CT molecular complexity index is 1300. The minimum absolute atomic E-state index is 0.140. The summed E-state index contributed by atoms with van der Waals surface area (Å²) in [7, 11) is 0. The van der Waals surface area contributed by atoms with Crippen LogP contribution in [0.3, 0.4) is 0 Å². The summed E-state index contributed by atoms with van der Waals surface area (Å²) in [6, 6.07) is 22.1. The van der Waals surface area contributed by atoms with E-state index in [1.54, 1.807) is 6.92 Å². The van der Waals surface area contributed by atoms with Gasteiger partial charge in [0.05, 0.1) is 11.2 Å². The predicted molar refractivity (Wildman–Crippen MR) is 156 cm³/mol. The van der Waals surface area contributed by atoms with Gasteiger partial charge in [-0.1, -0.05) is 60.7 Å². The van der Waals surface area contributed by atoms with Crippen LogP contribution in [0.15, 0.2) is 66.7 Å². The molecule has 0 spiro atoms. The summed E-state index contributed by atoms with van der Waals surface area (Å²) in [6.07, 6.45) is 3.93. The van der Waals surface area contributed by atoms with Crippen LogP contribution in [0.5, 0.6) is 0 Å². The lowest BCUT2D eigenvalue weighted by molar-refractivity contribution is -0.117. The first-order chi connectivity index (χ1) is 19.2. The van der Waals surface area contributed by atoms with E-state index in [-0.39, 0.29) is 23.5 Å². The van der Waals surface area contributed by atoms with E-state index < -0.39 is 12.1 Å². The Labute approximate surface area is 237 Å². The molecule has 1 atom stereocenters. The Morgan fingerprint density at radius 1 is 1.02 bits per heavy atom. The lowest BCUT2D eigenvalue weighted by atomic mass is 9.70. The Balaban J connectivity index is 1.34. The molecule has 0 unspecified atom stereocenters. The van der Waals surface area contributed by atoms with Gasteiger partial charge in [0.15, 0.2) is 0 Å². The van der Waals surface area contributed by atoms with E-state index in [0.717, 1.165) is 43.2 Å². The monoisotopic (exact) mass is 543 g/mol. The van der Waals surface area contributed by atoms with Crippen LogP contribution in [0, 0.1) is 0 Å². The van der Waals surface area contributed by atoms with Gasteiger partial charge in [-0.15, -0.1) is 0 Å². The van der Waals surface area contributed by atoms with Crippen LogP contribution in [0.1, 0.15) is 70.2 Å². The summed E-state index contributed by atoms with van der Waals surface area (Å²) >= 11 is 0. The summed E-state index contributed by atoms with van der Waals surface area (Å²) in [5, 5.41) is 10.8. The number of benzene rings is 2. The van der Waals surface area contributed by atoms with E-state index in [0.29, 0.717) is 5.82 Å². The van der Waals surface area contributed by atoms with Gasteiger partial charge >= 0.3 is 6.09 Å². The normalized spacial score (nSPS) is 18.1. The average molecular weight is 544 g/mol. The third-order valence-electron chi connectivity index (χ3n) is 8.07. The van der Waals surface area contributed by atoms with Crippen molar-refractivity contribution in [1.29, 1.82) is 0 Å². The van der Waals surface area contributed by atoms with Gasteiger partial charge in [0.25, 0.3) is 0 Å². The highest BCUT2D eigenvalue weighted by atomic mass is 16.5. The number of carbonyl (C=O) groups is 2. The number of nitrogens with one attached hydrogen (secondary N) is 2. The molecular formula is C32H41N5O3. The molecule has 2 aromatic carbocycles. The first-order valence-electron chi connectivity index (χ1n) is 14.3. The first-order valence-corrected chi connectivity index (χ1v) is 14.3. The van der Waals surface area contributed by atoms with Gasteiger partial charge < -0.3 is 20.3 Å². The molecule has 5 rings (SSSR count). The smallest absolute Gasteiger partial charge is 0.408 e. The highest BCUT2D eigenvalue weighted by molar-refractivity contribution is 5.95. The number of ether oxygens (including phenoxy) is 1. The zero-order chi connectivity index (χ0) is 28.3. The van der Waals surface area contributed by atoms with Crippen LogP contribution >= 0.6 is 0 Å².